The Labute approximate surface area is 117 Å². The number of hydrogen-bond acceptors (Lipinski definition) is 4. The monoisotopic (exact) mass is 272 g/mol. The molecule has 106 valence electrons. The van der Waals surface area contributed by atoms with Crippen LogP contribution < -0.4 is 5.73 Å². The van der Waals surface area contributed by atoms with Crippen molar-refractivity contribution in [3.8, 4) is 0 Å². The maximum Gasteiger partial charge on any atom is 0.0901 e. The average molecular weight is 272 g/mol. The Balaban J connectivity index is 2.25. The van der Waals surface area contributed by atoms with Gasteiger partial charge < -0.3 is 15.5 Å². The first kappa shape index (κ1) is 15.8. The van der Waals surface area contributed by atoms with Crippen molar-refractivity contribution < 1.29 is 0 Å². The number of nitrogens with zero attached hydrogens (tertiary/aromatic N) is 3. The van der Waals surface area contributed by atoms with E-state index in [0.717, 1.165) is 32.6 Å². The molecule has 0 radical (unpaired) electrons. The van der Waals surface area contributed by atoms with E-state index in [1.807, 2.05) is 0 Å². The van der Waals surface area contributed by atoms with Crippen molar-refractivity contribution in [1.82, 2.24) is 14.7 Å². The third-order valence-corrected chi connectivity index (χ3v) is 3.91. The molecule has 1 saturated heterocycles. The molecule has 1 rings (SSSR count). The van der Waals surface area contributed by atoms with E-state index in [1.54, 1.807) is 0 Å². The van der Waals surface area contributed by atoms with Gasteiger partial charge in [0.25, 0.3) is 0 Å². The molecular weight excluding hydrogens is 244 g/mol. The predicted molar refractivity (Wildman–Crippen MR) is 82.0 cm³/mol. The maximum absolute atomic E-state index is 5.80. The minimum atomic E-state index is 0.295. The van der Waals surface area contributed by atoms with Crippen molar-refractivity contribution in [3.05, 3.63) is 0 Å². The zero-order valence-corrected chi connectivity index (χ0v) is 12.9. The van der Waals surface area contributed by atoms with Crippen LogP contribution in [0.15, 0.2) is 0 Å². The third kappa shape index (κ3) is 5.18. The molecule has 4 nitrogen and oxygen atoms in total. The Hall–Kier alpha value is -0.230. The Morgan fingerprint density at radius 2 is 1.89 bits per heavy atom. The molecule has 1 aliphatic rings. The molecule has 0 aliphatic carbocycles. The van der Waals surface area contributed by atoms with Gasteiger partial charge in [0, 0.05) is 26.2 Å². The summed E-state index contributed by atoms with van der Waals surface area (Å²) in [7, 11) is 4.26. The van der Waals surface area contributed by atoms with Gasteiger partial charge in [-0.2, -0.15) is 0 Å². The molecule has 18 heavy (non-hydrogen) atoms. The number of hydrogen-bond donors (Lipinski definition) is 1. The molecule has 0 amide bonds. The topological polar surface area (TPSA) is 35.7 Å². The van der Waals surface area contributed by atoms with Gasteiger partial charge >= 0.3 is 0 Å². The fourth-order valence-electron chi connectivity index (χ4n) is 2.55. The van der Waals surface area contributed by atoms with Gasteiger partial charge in [0.15, 0.2) is 0 Å². The van der Waals surface area contributed by atoms with Gasteiger partial charge in [-0.05, 0) is 40.0 Å². The lowest BCUT2D eigenvalue weighted by atomic mass is 10.1. The summed E-state index contributed by atoms with van der Waals surface area (Å²) in [5.74, 6) is 0. The van der Waals surface area contributed by atoms with Gasteiger partial charge in [-0.25, -0.2) is 0 Å². The van der Waals surface area contributed by atoms with Crippen LogP contribution in [-0.2, 0) is 0 Å². The molecule has 5 heteroatoms. The molecule has 1 aliphatic heterocycles. The summed E-state index contributed by atoms with van der Waals surface area (Å²) < 4.78 is 0. The molecule has 0 bridgehead atoms. The van der Waals surface area contributed by atoms with Crippen molar-refractivity contribution in [2.24, 2.45) is 5.73 Å². The fourth-order valence-corrected chi connectivity index (χ4v) is 2.86. The van der Waals surface area contributed by atoms with Crippen LogP contribution in [-0.4, -0.2) is 79.1 Å². The van der Waals surface area contributed by atoms with Crippen LogP contribution in [0.3, 0.4) is 0 Å². The summed E-state index contributed by atoms with van der Waals surface area (Å²) in [5.41, 5.74) is 5.80. The summed E-state index contributed by atoms with van der Waals surface area (Å²) in [4.78, 5) is 7.88. The first-order valence-corrected chi connectivity index (χ1v) is 7.36. The van der Waals surface area contributed by atoms with Crippen LogP contribution in [0.4, 0.5) is 0 Å². The van der Waals surface area contributed by atoms with E-state index in [1.165, 1.54) is 19.5 Å². The van der Waals surface area contributed by atoms with Crippen LogP contribution >= 0.6 is 12.2 Å². The van der Waals surface area contributed by atoms with Crippen LogP contribution in [0.25, 0.3) is 0 Å². The number of piperazine rings is 1. The van der Waals surface area contributed by atoms with Gasteiger partial charge in [-0.1, -0.05) is 19.1 Å². The second-order valence-corrected chi connectivity index (χ2v) is 5.83. The third-order valence-electron chi connectivity index (χ3n) is 3.64. The lowest BCUT2D eigenvalue weighted by Gasteiger charge is -2.38. The Morgan fingerprint density at radius 3 is 2.33 bits per heavy atom. The first-order valence-electron chi connectivity index (χ1n) is 6.95. The first-order chi connectivity index (χ1) is 8.54. The number of thiocarbonyl (C=S) groups is 1. The van der Waals surface area contributed by atoms with Crippen LogP contribution in [0.2, 0.25) is 0 Å². The molecule has 1 fully saturated rings. The lowest BCUT2D eigenvalue weighted by Crippen LogP contribution is -2.53. The molecule has 0 spiro atoms. The molecule has 0 aromatic rings. The zero-order chi connectivity index (χ0) is 13.5. The number of nitrogens with two attached hydrogens (primary N) is 1. The molecule has 0 aromatic heterocycles. The quantitative estimate of drug-likeness (QED) is 0.688. The zero-order valence-electron chi connectivity index (χ0n) is 12.1. The van der Waals surface area contributed by atoms with Gasteiger partial charge in [0.1, 0.15) is 0 Å². The Morgan fingerprint density at radius 1 is 1.28 bits per heavy atom. The minimum Gasteiger partial charge on any atom is -0.392 e. The summed E-state index contributed by atoms with van der Waals surface area (Å²) in [6.07, 6.45) is 2.27. The van der Waals surface area contributed by atoms with Crippen molar-refractivity contribution in [2.75, 3.05) is 53.4 Å². The fraction of sp³-hybridized carbons (Fsp3) is 0.923. The van der Waals surface area contributed by atoms with E-state index in [2.05, 4.69) is 35.7 Å². The largest absolute Gasteiger partial charge is 0.392 e. The smallest absolute Gasteiger partial charge is 0.0901 e. The van der Waals surface area contributed by atoms with Crippen molar-refractivity contribution in [3.63, 3.8) is 0 Å². The van der Waals surface area contributed by atoms with Gasteiger partial charge in [0.2, 0.25) is 0 Å². The van der Waals surface area contributed by atoms with E-state index in [4.69, 9.17) is 18.0 Å². The highest BCUT2D eigenvalue weighted by Crippen LogP contribution is 2.10. The molecule has 1 unspecified atom stereocenters. The van der Waals surface area contributed by atoms with E-state index >= 15 is 0 Å². The van der Waals surface area contributed by atoms with Crippen LogP contribution in [0.5, 0.6) is 0 Å². The SMILES string of the molecule is CCC(C(N)=S)N1CCN(CCCN(C)C)CC1. The minimum absolute atomic E-state index is 0.295. The second kappa shape index (κ2) is 8.04. The van der Waals surface area contributed by atoms with Gasteiger partial charge in [-0.3, -0.25) is 4.90 Å². The lowest BCUT2D eigenvalue weighted by molar-refractivity contribution is 0.114. The van der Waals surface area contributed by atoms with Crippen molar-refractivity contribution in [2.45, 2.75) is 25.8 Å². The average Bonchev–Trinajstić information content (AvgIpc) is 2.31. The molecule has 1 heterocycles. The highest BCUT2D eigenvalue weighted by molar-refractivity contribution is 7.80. The molecular formula is C13H28N4S. The van der Waals surface area contributed by atoms with Gasteiger partial charge in [-0.15, -0.1) is 0 Å². The molecule has 2 N–H and O–H groups in total. The van der Waals surface area contributed by atoms with E-state index in [0.29, 0.717) is 11.0 Å². The van der Waals surface area contributed by atoms with Crippen molar-refractivity contribution >= 4 is 17.2 Å². The van der Waals surface area contributed by atoms with Crippen molar-refractivity contribution in [1.29, 1.82) is 0 Å². The summed E-state index contributed by atoms with van der Waals surface area (Å²) in [5, 5.41) is 0. The van der Waals surface area contributed by atoms with E-state index < -0.39 is 0 Å². The molecule has 0 aromatic carbocycles. The summed E-state index contributed by atoms with van der Waals surface area (Å²) >= 11 is 5.14. The molecule has 0 saturated carbocycles. The normalized spacial score (nSPS) is 20.2. The van der Waals surface area contributed by atoms with Gasteiger partial charge in [0.05, 0.1) is 11.0 Å². The van der Waals surface area contributed by atoms with Crippen LogP contribution in [0.1, 0.15) is 19.8 Å². The summed E-state index contributed by atoms with van der Waals surface area (Å²) in [6, 6.07) is 0.295. The standard InChI is InChI=1S/C13H28N4S/c1-4-12(13(14)18)17-10-8-16(9-11-17)7-5-6-15(2)3/h12H,4-11H2,1-3H3,(H2,14,18). The van der Waals surface area contributed by atoms with E-state index in [-0.39, 0.29) is 0 Å². The maximum atomic E-state index is 5.80. The molecule has 1 atom stereocenters. The van der Waals surface area contributed by atoms with Crippen LogP contribution in [0, 0.1) is 0 Å². The Bertz CT molecular complexity index is 249. The van der Waals surface area contributed by atoms with E-state index in [9.17, 15) is 0 Å². The number of rotatable bonds is 7. The second-order valence-electron chi connectivity index (χ2n) is 5.36. The predicted octanol–water partition coefficient (Wildman–Crippen LogP) is 0.620. The summed E-state index contributed by atoms with van der Waals surface area (Å²) in [6.45, 7) is 9.02. The highest BCUT2D eigenvalue weighted by Gasteiger charge is 2.23. The Kier molecular flexibility index (Phi) is 7.07. The highest BCUT2D eigenvalue weighted by atomic mass is 32.1.